The summed E-state index contributed by atoms with van der Waals surface area (Å²) in [6, 6.07) is 3.53. The maximum Gasteiger partial charge on any atom is 0.248 e. The van der Waals surface area contributed by atoms with Crippen molar-refractivity contribution in [2.75, 3.05) is 23.3 Å². The molecule has 3 rings (SSSR count). The van der Waals surface area contributed by atoms with Crippen LogP contribution in [0.5, 0.6) is 0 Å². The highest BCUT2D eigenvalue weighted by Gasteiger charge is 2.39. The Balaban J connectivity index is 2.19. The lowest BCUT2D eigenvalue weighted by Crippen LogP contribution is -2.61. The van der Waals surface area contributed by atoms with Gasteiger partial charge in [-0.2, -0.15) is 0 Å². The van der Waals surface area contributed by atoms with Crippen LogP contribution >= 0.6 is 0 Å². The molecule has 1 aromatic carbocycles. The average Bonchev–Trinajstić information content (AvgIpc) is 2.31. The first-order valence-electron chi connectivity index (χ1n) is 6.03. The number of aryl methyl sites for hydroxylation is 2. The van der Waals surface area contributed by atoms with Crippen LogP contribution in [0.4, 0.5) is 11.4 Å². The van der Waals surface area contributed by atoms with E-state index in [1.807, 2.05) is 26.0 Å². The minimum Gasteiger partial charge on any atom is -0.322 e. The third-order valence-electron chi connectivity index (χ3n) is 3.46. The first-order chi connectivity index (χ1) is 8.58. The Morgan fingerprint density at radius 2 is 2.06 bits per heavy atom. The Bertz CT molecular complexity index is 553. The number of hydrogen-bond donors (Lipinski definition) is 2. The summed E-state index contributed by atoms with van der Waals surface area (Å²) in [5.41, 5.74) is 3.66. The third-order valence-corrected chi connectivity index (χ3v) is 3.46. The molecule has 1 atom stereocenters. The topological polar surface area (TPSA) is 61.4 Å². The minimum absolute atomic E-state index is 0.0487. The Morgan fingerprint density at radius 1 is 1.28 bits per heavy atom. The second kappa shape index (κ2) is 3.81. The number of hydrogen-bond acceptors (Lipinski definition) is 3. The van der Waals surface area contributed by atoms with Crippen LogP contribution in [0.15, 0.2) is 12.1 Å². The Morgan fingerprint density at radius 3 is 2.83 bits per heavy atom. The fraction of sp³-hybridized carbons (Fsp3) is 0.385. The molecule has 0 radical (unpaired) electrons. The minimum atomic E-state index is -0.431. The quantitative estimate of drug-likeness (QED) is 0.702. The van der Waals surface area contributed by atoms with Crippen molar-refractivity contribution >= 4 is 23.2 Å². The lowest BCUT2D eigenvalue weighted by molar-refractivity contribution is -0.124. The fourth-order valence-electron chi connectivity index (χ4n) is 2.68. The van der Waals surface area contributed by atoms with Crippen molar-refractivity contribution in [1.82, 2.24) is 5.32 Å². The Hall–Kier alpha value is -1.88. The molecule has 2 aliphatic rings. The number of amides is 2. The molecule has 1 fully saturated rings. The van der Waals surface area contributed by atoms with Crippen LogP contribution in [-0.2, 0) is 9.59 Å². The lowest BCUT2D eigenvalue weighted by Gasteiger charge is -2.40. The highest BCUT2D eigenvalue weighted by Crippen LogP contribution is 2.36. The van der Waals surface area contributed by atoms with E-state index in [9.17, 15) is 9.59 Å². The summed E-state index contributed by atoms with van der Waals surface area (Å²) < 4.78 is 0. The smallest absolute Gasteiger partial charge is 0.248 e. The number of fused-ring (bicyclic) bond motifs is 3. The molecule has 2 heterocycles. The SMILES string of the molecule is Cc1cc(C)c2c(c1)N1C(=O)CNCC1C(=O)N2. The van der Waals surface area contributed by atoms with Gasteiger partial charge in [-0.05, 0) is 31.0 Å². The molecule has 0 bridgehead atoms. The van der Waals surface area contributed by atoms with Crippen molar-refractivity contribution in [1.29, 1.82) is 0 Å². The van der Waals surface area contributed by atoms with E-state index < -0.39 is 6.04 Å². The molecule has 5 nitrogen and oxygen atoms in total. The highest BCUT2D eigenvalue weighted by molar-refractivity contribution is 6.13. The maximum atomic E-state index is 12.0. The number of nitrogens with one attached hydrogen (secondary N) is 2. The first kappa shape index (κ1) is 11.2. The van der Waals surface area contributed by atoms with Crippen LogP contribution in [0.3, 0.4) is 0 Å². The van der Waals surface area contributed by atoms with Gasteiger partial charge in [-0.3, -0.25) is 14.5 Å². The average molecular weight is 245 g/mol. The zero-order chi connectivity index (χ0) is 12.9. The van der Waals surface area contributed by atoms with Crippen LogP contribution < -0.4 is 15.5 Å². The maximum absolute atomic E-state index is 12.0. The van der Waals surface area contributed by atoms with Gasteiger partial charge in [-0.1, -0.05) is 6.07 Å². The summed E-state index contributed by atoms with van der Waals surface area (Å²) in [5, 5.41) is 5.87. The van der Waals surface area contributed by atoms with Crippen LogP contribution in [0.2, 0.25) is 0 Å². The molecule has 0 aliphatic carbocycles. The monoisotopic (exact) mass is 245 g/mol. The zero-order valence-corrected chi connectivity index (χ0v) is 10.4. The van der Waals surface area contributed by atoms with Crippen molar-refractivity contribution in [2.24, 2.45) is 0 Å². The number of benzene rings is 1. The van der Waals surface area contributed by atoms with Gasteiger partial charge in [0.25, 0.3) is 0 Å². The van der Waals surface area contributed by atoms with Gasteiger partial charge >= 0.3 is 0 Å². The van der Waals surface area contributed by atoms with E-state index >= 15 is 0 Å². The summed E-state index contributed by atoms with van der Waals surface area (Å²) in [7, 11) is 0. The number of rotatable bonds is 0. The summed E-state index contributed by atoms with van der Waals surface area (Å²) in [4.78, 5) is 25.7. The van der Waals surface area contributed by atoms with Gasteiger partial charge in [0.1, 0.15) is 6.04 Å². The van der Waals surface area contributed by atoms with Crippen LogP contribution in [-0.4, -0.2) is 30.9 Å². The molecule has 18 heavy (non-hydrogen) atoms. The van der Waals surface area contributed by atoms with E-state index in [1.165, 1.54) is 0 Å². The Labute approximate surface area is 105 Å². The van der Waals surface area contributed by atoms with Crippen LogP contribution in [0.25, 0.3) is 0 Å². The molecule has 2 amide bonds. The molecule has 0 saturated carbocycles. The molecule has 0 spiro atoms. The van der Waals surface area contributed by atoms with Gasteiger partial charge in [0, 0.05) is 6.54 Å². The summed E-state index contributed by atoms with van der Waals surface area (Å²) in [6.45, 7) is 4.73. The second-order valence-electron chi connectivity index (χ2n) is 4.88. The summed E-state index contributed by atoms with van der Waals surface area (Å²) in [6.07, 6.45) is 0. The van der Waals surface area contributed by atoms with E-state index in [1.54, 1.807) is 4.90 Å². The van der Waals surface area contributed by atoms with Crippen molar-refractivity contribution in [2.45, 2.75) is 19.9 Å². The van der Waals surface area contributed by atoms with Gasteiger partial charge in [0.2, 0.25) is 11.8 Å². The highest BCUT2D eigenvalue weighted by atomic mass is 16.2. The predicted molar refractivity (Wildman–Crippen MR) is 68.7 cm³/mol. The third kappa shape index (κ3) is 1.51. The molecule has 94 valence electrons. The molecule has 1 unspecified atom stereocenters. The van der Waals surface area contributed by atoms with Crippen molar-refractivity contribution in [3.63, 3.8) is 0 Å². The van der Waals surface area contributed by atoms with E-state index in [4.69, 9.17) is 0 Å². The van der Waals surface area contributed by atoms with E-state index in [0.29, 0.717) is 6.54 Å². The number of anilines is 2. The summed E-state index contributed by atoms with van der Waals surface area (Å²) >= 11 is 0. The first-order valence-corrected chi connectivity index (χ1v) is 6.03. The molecule has 5 heteroatoms. The fourth-order valence-corrected chi connectivity index (χ4v) is 2.68. The molecular formula is C13H15N3O2. The number of carbonyl (C=O) groups excluding carboxylic acids is 2. The van der Waals surface area contributed by atoms with Crippen molar-refractivity contribution in [3.8, 4) is 0 Å². The number of carbonyl (C=O) groups is 2. The van der Waals surface area contributed by atoms with Crippen molar-refractivity contribution in [3.05, 3.63) is 23.3 Å². The Kier molecular flexibility index (Phi) is 2.38. The van der Waals surface area contributed by atoms with Crippen LogP contribution in [0.1, 0.15) is 11.1 Å². The van der Waals surface area contributed by atoms with Gasteiger partial charge < -0.3 is 10.6 Å². The number of piperazine rings is 1. The normalized spacial score (nSPS) is 22.3. The van der Waals surface area contributed by atoms with E-state index in [-0.39, 0.29) is 18.4 Å². The molecule has 2 aliphatic heterocycles. The van der Waals surface area contributed by atoms with E-state index in [0.717, 1.165) is 22.5 Å². The van der Waals surface area contributed by atoms with Gasteiger partial charge in [0.15, 0.2) is 0 Å². The van der Waals surface area contributed by atoms with Gasteiger partial charge in [-0.15, -0.1) is 0 Å². The van der Waals surface area contributed by atoms with Crippen LogP contribution in [0, 0.1) is 13.8 Å². The predicted octanol–water partition coefficient (Wildman–Crippen LogP) is 0.560. The molecular weight excluding hydrogens is 230 g/mol. The molecule has 1 aromatic rings. The van der Waals surface area contributed by atoms with Crippen molar-refractivity contribution < 1.29 is 9.59 Å². The standard InChI is InChI=1S/C13H15N3O2/c1-7-3-8(2)12-9(4-7)16-10(13(18)15-12)5-14-6-11(16)17/h3-4,10,14H,5-6H2,1-2H3,(H,15,18). The molecule has 2 N–H and O–H groups in total. The summed E-state index contributed by atoms with van der Waals surface area (Å²) in [5.74, 6) is -0.164. The van der Waals surface area contributed by atoms with Gasteiger partial charge in [-0.25, -0.2) is 0 Å². The second-order valence-corrected chi connectivity index (χ2v) is 4.88. The molecule has 1 saturated heterocycles. The largest absolute Gasteiger partial charge is 0.322 e. The van der Waals surface area contributed by atoms with Gasteiger partial charge in [0.05, 0.1) is 17.9 Å². The number of nitrogens with zero attached hydrogens (tertiary/aromatic N) is 1. The van der Waals surface area contributed by atoms with E-state index in [2.05, 4.69) is 10.6 Å². The molecule has 0 aromatic heterocycles. The zero-order valence-electron chi connectivity index (χ0n) is 10.4. The lowest BCUT2D eigenvalue weighted by atomic mass is 10.0.